The van der Waals surface area contributed by atoms with Gasteiger partial charge in [0.15, 0.2) is 0 Å². The normalized spacial score (nSPS) is 9.16. The van der Waals surface area contributed by atoms with Crippen molar-refractivity contribution in [2.75, 3.05) is 5.73 Å². The number of anilines is 1. The fraction of sp³-hybridized carbons (Fsp3) is 0.429. The molecule has 0 amide bonds. The fourth-order valence-corrected chi connectivity index (χ4v) is 1.61. The van der Waals surface area contributed by atoms with Crippen LogP contribution in [-0.4, -0.2) is 9.13 Å². The highest BCUT2D eigenvalue weighted by atomic mass is 16.2. The van der Waals surface area contributed by atoms with Crippen molar-refractivity contribution in [3.8, 4) is 0 Å². The molecule has 19 heavy (non-hydrogen) atoms. The smallest absolute Gasteiger partial charge is 0.330 e. The van der Waals surface area contributed by atoms with Crippen LogP contribution in [0, 0.1) is 0 Å². The molecule has 0 fully saturated rings. The summed E-state index contributed by atoms with van der Waals surface area (Å²) in [7, 11) is 3.08. The van der Waals surface area contributed by atoms with Gasteiger partial charge >= 0.3 is 5.69 Å². The molecule has 1 heterocycles. The van der Waals surface area contributed by atoms with Crippen LogP contribution in [0.1, 0.15) is 27.7 Å². The minimum atomic E-state index is -0.336. The summed E-state index contributed by atoms with van der Waals surface area (Å²) in [6, 6.07) is 4.92. The molecule has 0 aliphatic carbocycles. The third-order valence-electron chi connectivity index (χ3n) is 2.49. The molecular formula is C14H23N3O2. The van der Waals surface area contributed by atoms with Crippen LogP contribution in [0.3, 0.4) is 0 Å². The van der Waals surface area contributed by atoms with Crippen LogP contribution < -0.4 is 17.0 Å². The highest BCUT2D eigenvalue weighted by molar-refractivity contribution is 5.81. The molecule has 106 valence electrons. The third kappa shape index (κ3) is 3.24. The van der Waals surface area contributed by atoms with E-state index >= 15 is 0 Å². The van der Waals surface area contributed by atoms with Gasteiger partial charge in [0.1, 0.15) is 0 Å². The number of nitrogens with two attached hydrogens (primary N) is 1. The zero-order valence-corrected chi connectivity index (χ0v) is 12.5. The number of hydrogen-bond donors (Lipinski definition) is 1. The van der Waals surface area contributed by atoms with Gasteiger partial charge in [-0.15, -0.1) is 0 Å². The summed E-state index contributed by atoms with van der Waals surface area (Å²) >= 11 is 0. The van der Waals surface area contributed by atoms with E-state index in [1.807, 2.05) is 27.7 Å². The molecule has 2 rings (SSSR count). The quantitative estimate of drug-likeness (QED) is 0.739. The molecule has 0 aliphatic heterocycles. The summed E-state index contributed by atoms with van der Waals surface area (Å²) in [5.41, 5.74) is 6.05. The molecular weight excluding hydrogens is 242 g/mol. The first-order chi connectivity index (χ1) is 9.02. The van der Waals surface area contributed by atoms with Crippen molar-refractivity contribution in [1.29, 1.82) is 0 Å². The summed E-state index contributed by atoms with van der Waals surface area (Å²) in [5, 5.41) is 0.458. The number of nitrogen functional groups attached to an aromatic ring is 1. The van der Waals surface area contributed by atoms with Crippen molar-refractivity contribution in [1.82, 2.24) is 9.13 Å². The van der Waals surface area contributed by atoms with E-state index in [4.69, 9.17) is 5.73 Å². The first kappa shape index (κ1) is 17.0. The minimum absolute atomic E-state index is 0.319. The maximum Gasteiger partial charge on any atom is 0.330 e. The highest BCUT2D eigenvalue weighted by Crippen LogP contribution is 2.11. The summed E-state index contributed by atoms with van der Waals surface area (Å²) in [4.78, 5) is 23.3. The monoisotopic (exact) mass is 265 g/mol. The van der Waals surface area contributed by atoms with Gasteiger partial charge in [-0.1, -0.05) is 27.7 Å². The molecule has 0 atom stereocenters. The zero-order valence-electron chi connectivity index (χ0n) is 12.5. The van der Waals surface area contributed by atoms with Crippen molar-refractivity contribution >= 4 is 16.6 Å². The highest BCUT2D eigenvalue weighted by Gasteiger charge is 2.07. The molecule has 0 aliphatic rings. The van der Waals surface area contributed by atoms with Gasteiger partial charge in [-0.25, -0.2) is 4.79 Å². The van der Waals surface area contributed by atoms with Crippen molar-refractivity contribution in [2.45, 2.75) is 27.7 Å². The first-order valence-electron chi connectivity index (χ1n) is 6.47. The number of nitrogens with zero attached hydrogens (tertiary/aromatic N) is 2. The Kier molecular flexibility index (Phi) is 6.61. The first-order valence-corrected chi connectivity index (χ1v) is 6.47. The lowest BCUT2D eigenvalue weighted by atomic mass is 10.2. The topological polar surface area (TPSA) is 70.0 Å². The Balaban J connectivity index is 0.000000741. The average Bonchev–Trinajstić information content (AvgIpc) is 2.47. The van der Waals surface area contributed by atoms with E-state index < -0.39 is 0 Å². The molecule has 1 aromatic heterocycles. The summed E-state index contributed by atoms with van der Waals surface area (Å²) < 4.78 is 2.50. The van der Waals surface area contributed by atoms with Crippen LogP contribution in [0.4, 0.5) is 5.69 Å². The number of fused-ring (bicyclic) bond motifs is 1. The van der Waals surface area contributed by atoms with E-state index in [0.29, 0.717) is 16.6 Å². The zero-order chi connectivity index (χ0) is 15.2. The lowest BCUT2D eigenvalue weighted by molar-refractivity contribution is 0.713. The van der Waals surface area contributed by atoms with E-state index in [9.17, 15) is 9.59 Å². The maximum atomic E-state index is 11.7. The Morgan fingerprint density at radius 2 is 1.47 bits per heavy atom. The molecule has 0 bridgehead atoms. The summed E-state index contributed by atoms with van der Waals surface area (Å²) in [5.74, 6) is 0. The molecule has 0 radical (unpaired) electrons. The number of aryl methyl sites for hydroxylation is 1. The summed E-state index contributed by atoms with van der Waals surface area (Å²) in [6.45, 7) is 8.00. The largest absolute Gasteiger partial charge is 0.399 e. The lowest BCUT2D eigenvalue weighted by Crippen LogP contribution is -2.36. The van der Waals surface area contributed by atoms with Crippen LogP contribution >= 0.6 is 0 Å². The Morgan fingerprint density at radius 1 is 0.947 bits per heavy atom. The second-order valence-corrected chi connectivity index (χ2v) is 3.48. The predicted molar refractivity (Wildman–Crippen MR) is 81.5 cm³/mol. The van der Waals surface area contributed by atoms with Crippen molar-refractivity contribution in [2.24, 2.45) is 14.1 Å². The average molecular weight is 265 g/mol. The van der Waals surface area contributed by atoms with Gasteiger partial charge in [0.05, 0.1) is 10.9 Å². The second-order valence-electron chi connectivity index (χ2n) is 3.48. The Hall–Kier alpha value is -2.04. The van der Waals surface area contributed by atoms with Gasteiger partial charge in [0, 0.05) is 19.8 Å². The minimum Gasteiger partial charge on any atom is -0.399 e. The van der Waals surface area contributed by atoms with Crippen molar-refractivity contribution in [3.63, 3.8) is 0 Å². The van der Waals surface area contributed by atoms with E-state index in [1.54, 1.807) is 25.2 Å². The Morgan fingerprint density at radius 3 is 2.00 bits per heavy atom. The number of aromatic nitrogens is 2. The van der Waals surface area contributed by atoms with Crippen molar-refractivity contribution < 1.29 is 0 Å². The number of benzene rings is 1. The van der Waals surface area contributed by atoms with E-state index in [0.717, 1.165) is 4.57 Å². The molecule has 5 heteroatoms. The fourth-order valence-electron chi connectivity index (χ4n) is 1.61. The van der Waals surface area contributed by atoms with Crippen LogP contribution in [-0.2, 0) is 14.1 Å². The van der Waals surface area contributed by atoms with Gasteiger partial charge in [-0.3, -0.25) is 13.9 Å². The standard InChI is InChI=1S/C10H11N3O2.2C2H6/c1-12-8-4-3-6(11)5-7(8)9(14)13(2)10(12)15;2*1-2/h3-5H,11H2,1-2H3;2*1-2H3. The SMILES string of the molecule is CC.CC.Cn1c(=O)c2cc(N)ccc2n(C)c1=O. The Labute approximate surface area is 113 Å². The molecule has 2 N–H and O–H groups in total. The van der Waals surface area contributed by atoms with Gasteiger partial charge in [0.25, 0.3) is 5.56 Å². The Bertz CT molecular complexity index is 654. The maximum absolute atomic E-state index is 11.7. The van der Waals surface area contributed by atoms with Gasteiger partial charge in [-0.05, 0) is 18.2 Å². The number of rotatable bonds is 0. The third-order valence-corrected chi connectivity index (χ3v) is 2.49. The number of hydrogen-bond acceptors (Lipinski definition) is 3. The van der Waals surface area contributed by atoms with Crippen LogP contribution in [0.15, 0.2) is 27.8 Å². The van der Waals surface area contributed by atoms with E-state index in [2.05, 4.69) is 0 Å². The van der Waals surface area contributed by atoms with Gasteiger partial charge in [-0.2, -0.15) is 0 Å². The van der Waals surface area contributed by atoms with Crippen molar-refractivity contribution in [3.05, 3.63) is 39.0 Å². The van der Waals surface area contributed by atoms with E-state index in [-0.39, 0.29) is 11.2 Å². The molecule has 2 aromatic rings. The van der Waals surface area contributed by atoms with Crippen LogP contribution in [0.2, 0.25) is 0 Å². The molecule has 5 nitrogen and oxygen atoms in total. The molecule has 0 unspecified atom stereocenters. The van der Waals surface area contributed by atoms with E-state index in [1.165, 1.54) is 11.6 Å². The summed E-state index contributed by atoms with van der Waals surface area (Å²) in [6.07, 6.45) is 0. The molecule has 0 spiro atoms. The molecule has 1 aromatic carbocycles. The van der Waals surface area contributed by atoms with Gasteiger partial charge < -0.3 is 5.73 Å². The van der Waals surface area contributed by atoms with Crippen LogP contribution in [0.5, 0.6) is 0 Å². The second kappa shape index (κ2) is 7.41. The van der Waals surface area contributed by atoms with Crippen LogP contribution in [0.25, 0.3) is 10.9 Å². The molecule has 0 saturated heterocycles. The molecule has 0 saturated carbocycles. The predicted octanol–water partition coefficient (Wildman–Crippen LogP) is 1.87. The van der Waals surface area contributed by atoms with Gasteiger partial charge in [0.2, 0.25) is 0 Å². The lowest BCUT2D eigenvalue weighted by Gasteiger charge is -2.07.